The number of carbonyl (C=O) groups excluding carboxylic acids is 1. The zero-order valence-electron chi connectivity index (χ0n) is 17.3. The largest absolute Gasteiger partial charge is 0.392 e. The molecule has 0 fully saturated rings. The summed E-state index contributed by atoms with van der Waals surface area (Å²) in [7, 11) is 1.83. The molecular weight excluding hydrogens is 439 g/mol. The van der Waals surface area contributed by atoms with E-state index in [0.29, 0.717) is 29.3 Å². The van der Waals surface area contributed by atoms with Crippen molar-refractivity contribution in [1.29, 1.82) is 0 Å². The topological polar surface area (TPSA) is 115 Å². The fourth-order valence-corrected chi connectivity index (χ4v) is 3.45. The lowest BCUT2D eigenvalue weighted by Gasteiger charge is -2.03. The van der Waals surface area contributed by atoms with E-state index in [2.05, 4.69) is 25.6 Å². The molecule has 0 aliphatic rings. The molecule has 0 radical (unpaired) electrons. The van der Waals surface area contributed by atoms with Crippen LogP contribution in [0, 0.1) is 5.82 Å². The second kappa shape index (κ2) is 8.89. The standard InChI is InChI=1S/C20H20ClFN8O2/c1-3-12(10-31)19-25-13(7-28(19)2)8-30-9-16(26-27-30)20(32)23-6-15-18-17(22)14(21)4-5-29(18)11-24-15/h3-5,7,9,11,31H,6,8,10H2,1-2H3,(H,23,32)/b12-3-. The number of imidazole rings is 2. The summed E-state index contributed by atoms with van der Waals surface area (Å²) in [6.45, 7) is 2.01. The molecule has 0 bridgehead atoms. The second-order valence-electron chi connectivity index (χ2n) is 7.05. The van der Waals surface area contributed by atoms with Crippen LogP contribution in [0.1, 0.15) is 34.6 Å². The van der Waals surface area contributed by atoms with E-state index in [-0.39, 0.29) is 29.4 Å². The number of halogens is 2. The molecule has 0 aliphatic carbocycles. The highest BCUT2D eigenvalue weighted by atomic mass is 35.5. The van der Waals surface area contributed by atoms with E-state index in [9.17, 15) is 14.3 Å². The van der Waals surface area contributed by atoms with Crippen molar-refractivity contribution in [2.45, 2.75) is 20.0 Å². The first-order chi connectivity index (χ1) is 15.4. The van der Waals surface area contributed by atoms with Gasteiger partial charge in [-0.25, -0.2) is 19.0 Å². The highest BCUT2D eigenvalue weighted by Crippen LogP contribution is 2.21. The molecule has 4 rings (SSSR count). The van der Waals surface area contributed by atoms with Crippen molar-refractivity contribution in [2.24, 2.45) is 7.05 Å². The Kier molecular flexibility index (Phi) is 6.01. The molecule has 2 N–H and O–H groups in total. The molecule has 0 unspecified atom stereocenters. The van der Waals surface area contributed by atoms with Gasteiger partial charge in [-0.15, -0.1) is 5.10 Å². The number of allylic oxidation sites excluding steroid dienone is 1. The van der Waals surface area contributed by atoms with Gasteiger partial charge >= 0.3 is 0 Å². The van der Waals surface area contributed by atoms with E-state index in [0.717, 1.165) is 0 Å². The van der Waals surface area contributed by atoms with Gasteiger partial charge in [0.2, 0.25) is 0 Å². The van der Waals surface area contributed by atoms with Crippen LogP contribution in [0.4, 0.5) is 4.39 Å². The minimum Gasteiger partial charge on any atom is -0.392 e. The monoisotopic (exact) mass is 458 g/mol. The first-order valence-electron chi connectivity index (χ1n) is 9.67. The van der Waals surface area contributed by atoms with Gasteiger partial charge in [0.05, 0.1) is 48.6 Å². The predicted octanol–water partition coefficient (Wildman–Crippen LogP) is 1.83. The summed E-state index contributed by atoms with van der Waals surface area (Å²) < 4.78 is 19.1. The SMILES string of the molecule is C/C=C(/CO)c1nc(Cn2cc(C(=O)NCc3ncn4ccc(Cl)c(F)c34)nn2)cn1C. The molecule has 4 heterocycles. The van der Waals surface area contributed by atoms with Crippen molar-refractivity contribution >= 4 is 28.6 Å². The van der Waals surface area contributed by atoms with Gasteiger partial charge in [-0.05, 0) is 13.0 Å². The van der Waals surface area contributed by atoms with Gasteiger partial charge in [-0.1, -0.05) is 22.9 Å². The summed E-state index contributed by atoms with van der Waals surface area (Å²) >= 11 is 5.84. The van der Waals surface area contributed by atoms with Gasteiger partial charge in [0, 0.05) is 25.0 Å². The van der Waals surface area contributed by atoms with Crippen molar-refractivity contribution in [3.05, 3.63) is 70.8 Å². The van der Waals surface area contributed by atoms with Crippen molar-refractivity contribution in [2.75, 3.05) is 6.61 Å². The summed E-state index contributed by atoms with van der Waals surface area (Å²) in [5.41, 5.74) is 2.06. The number of rotatable bonds is 7. The molecular formula is C20H20ClFN8O2. The molecule has 10 nitrogen and oxygen atoms in total. The molecule has 0 aromatic carbocycles. The van der Waals surface area contributed by atoms with Crippen LogP contribution in [0.2, 0.25) is 5.02 Å². The van der Waals surface area contributed by atoms with Crippen LogP contribution >= 0.6 is 11.6 Å². The lowest BCUT2D eigenvalue weighted by atomic mass is 10.2. The molecule has 0 saturated heterocycles. The molecule has 0 atom stereocenters. The molecule has 4 aromatic rings. The number of aliphatic hydroxyl groups excluding tert-OH is 1. The smallest absolute Gasteiger partial charge is 0.273 e. The number of nitrogens with one attached hydrogen (secondary N) is 1. The number of aliphatic hydroxyl groups is 1. The van der Waals surface area contributed by atoms with Crippen LogP contribution < -0.4 is 5.32 Å². The highest BCUT2D eigenvalue weighted by molar-refractivity contribution is 6.31. The molecule has 0 aliphatic heterocycles. The molecule has 0 saturated carbocycles. The zero-order chi connectivity index (χ0) is 22.8. The number of fused-ring (bicyclic) bond motifs is 1. The number of aryl methyl sites for hydroxylation is 1. The van der Waals surface area contributed by atoms with E-state index >= 15 is 0 Å². The molecule has 12 heteroatoms. The van der Waals surface area contributed by atoms with Crippen LogP contribution in [0.5, 0.6) is 0 Å². The number of amides is 1. The fourth-order valence-electron chi connectivity index (χ4n) is 3.31. The predicted molar refractivity (Wildman–Crippen MR) is 114 cm³/mol. The van der Waals surface area contributed by atoms with E-state index in [4.69, 9.17) is 11.6 Å². The third-order valence-corrected chi connectivity index (χ3v) is 5.20. The van der Waals surface area contributed by atoms with E-state index in [1.165, 1.54) is 27.7 Å². The summed E-state index contributed by atoms with van der Waals surface area (Å²) in [4.78, 5) is 21.1. The maximum atomic E-state index is 14.3. The maximum absolute atomic E-state index is 14.3. The summed E-state index contributed by atoms with van der Waals surface area (Å²) in [5.74, 6) is -0.417. The van der Waals surface area contributed by atoms with Crippen LogP contribution in [-0.2, 0) is 20.1 Å². The Morgan fingerprint density at radius 1 is 1.38 bits per heavy atom. The summed E-state index contributed by atoms with van der Waals surface area (Å²) in [6, 6.07) is 1.43. The third-order valence-electron chi connectivity index (χ3n) is 4.91. The average molecular weight is 459 g/mol. The Bertz CT molecular complexity index is 1320. The van der Waals surface area contributed by atoms with Crippen LogP contribution in [0.3, 0.4) is 0 Å². The van der Waals surface area contributed by atoms with Gasteiger partial charge in [0.15, 0.2) is 11.5 Å². The van der Waals surface area contributed by atoms with Gasteiger partial charge in [-0.3, -0.25) is 4.79 Å². The zero-order valence-corrected chi connectivity index (χ0v) is 18.1. The van der Waals surface area contributed by atoms with Gasteiger partial charge in [-0.2, -0.15) is 0 Å². The number of hydrogen-bond donors (Lipinski definition) is 2. The third kappa shape index (κ3) is 4.12. The highest BCUT2D eigenvalue weighted by Gasteiger charge is 2.16. The number of aromatic nitrogens is 7. The fraction of sp³-hybridized carbons (Fsp3) is 0.250. The van der Waals surface area contributed by atoms with Gasteiger partial charge in [0.25, 0.3) is 5.91 Å². The van der Waals surface area contributed by atoms with Gasteiger partial charge in [0.1, 0.15) is 11.3 Å². The van der Waals surface area contributed by atoms with Crippen molar-refractivity contribution < 1.29 is 14.3 Å². The lowest BCUT2D eigenvalue weighted by Crippen LogP contribution is -2.23. The Morgan fingerprint density at radius 2 is 2.19 bits per heavy atom. The van der Waals surface area contributed by atoms with Crippen molar-refractivity contribution in [1.82, 2.24) is 39.2 Å². The van der Waals surface area contributed by atoms with E-state index in [1.807, 2.05) is 24.7 Å². The van der Waals surface area contributed by atoms with Gasteiger partial charge < -0.3 is 19.4 Å². The Labute approximate surface area is 187 Å². The minimum atomic E-state index is -0.598. The number of pyridine rings is 1. The maximum Gasteiger partial charge on any atom is 0.273 e. The first kappa shape index (κ1) is 21.7. The van der Waals surface area contributed by atoms with Crippen LogP contribution in [0.15, 0.2) is 37.1 Å². The quantitative estimate of drug-likeness (QED) is 0.436. The van der Waals surface area contributed by atoms with Crippen LogP contribution in [0.25, 0.3) is 11.1 Å². The molecule has 0 spiro atoms. The van der Waals surface area contributed by atoms with E-state index in [1.54, 1.807) is 12.3 Å². The normalized spacial score (nSPS) is 12.0. The summed E-state index contributed by atoms with van der Waals surface area (Å²) in [6.07, 6.45) is 8.15. The number of carbonyl (C=O) groups is 1. The van der Waals surface area contributed by atoms with Crippen molar-refractivity contribution in [3.63, 3.8) is 0 Å². The molecule has 1 amide bonds. The Hall–Kier alpha value is -3.57. The molecule has 4 aromatic heterocycles. The van der Waals surface area contributed by atoms with E-state index < -0.39 is 11.7 Å². The Morgan fingerprint density at radius 3 is 2.94 bits per heavy atom. The average Bonchev–Trinajstić information content (AvgIpc) is 3.50. The van der Waals surface area contributed by atoms with Crippen molar-refractivity contribution in [3.8, 4) is 0 Å². The molecule has 166 valence electrons. The lowest BCUT2D eigenvalue weighted by molar-refractivity contribution is 0.0945. The first-order valence-corrected chi connectivity index (χ1v) is 10.1. The second-order valence-corrected chi connectivity index (χ2v) is 7.45. The summed E-state index contributed by atoms with van der Waals surface area (Å²) in [5, 5.41) is 20.0. The Balaban J connectivity index is 1.44. The number of nitrogens with zero attached hydrogens (tertiary/aromatic N) is 7. The minimum absolute atomic E-state index is 0.00363. The van der Waals surface area contributed by atoms with Crippen LogP contribution in [-0.4, -0.2) is 51.6 Å². The molecule has 32 heavy (non-hydrogen) atoms. The number of hydrogen-bond acceptors (Lipinski definition) is 6.